The molecular formula is C17H22O3S. The van der Waals surface area contributed by atoms with E-state index < -0.39 is 21.0 Å². The Kier molecular flexibility index (Phi) is 4.38. The number of ketones is 1. The van der Waals surface area contributed by atoms with Crippen LogP contribution in [0, 0.1) is 18.8 Å². The summed E-state index contributed by atoms with van der Waals surface area (Å²) in [6.45, 7) is 9.40. The van der Waals surface area contributed by atoms with Gasteiger partial charge in [-0.1, -0.05) is 36.8 Å². The van der Waals surface area contributed by atoms with Crippen molar-refractivity contribution in [2.24, 2.45) is 11.8 Å². The molecule has 3 nitrogen and oxygen atoms in total. The zero-order valence-corrected chi connectivity index (χ0v) is 13.6. The Morgan fingerprint density at radius 3 is 2.33 bits per heavy atom. The van der Waals surface area contributed by atoms with Gasteiger partial charge in [0.2, 0.25) is 0 Å². The van der Waals surface area contributed by atoms with Crippen LogP contribution in [0.1, 0.15) is 32.3 Å². The summed E-state index contributed by atoms with van der Waals surface area (Å²) in [5, 5.41) is -0.650. The zero-order chi connectivity index (χ0) is 15.8. The van der Waals surface area contributed by atoms with E-state index in [1.807, 2.05) is 13.8 Å². The minimum atomic E-state index is -3.49. The number of carbonyl (C=O) groups is 1. The van der Waals surface area contributed by atoms with Gasteiger partial charge in [0.25, 0.3) is 0 Å². The van der Waals surface area contributed by atoms with Crippen LogP contribution >= 0.6 is 0 Å². The molecule has 1 aromatic carbocycles. The van der Waals surface area contributed by atoms with E-state index in [-0.39, 0.29) is 11.7 Å². The number of hydrogen-bond acceptors (Lipinski definition) is 3. The molecule has 0 aliphatic heterocycles. The van der Waals surface area contributed by atoms with Crippen LogP contribution in [0.3, 0.4) is 0 Å². The fourth-order valence-electron chi connectivity index (χ4n) is 2.88. The molecule has 0 heterocycles. The molecule has 1 aliphatic rings. The standard InChI is InChI=1S/C17H22O3S/c1-11(2)14-9-16(18)13(4)17(10-14)21(19,20)15-7-5-12(3)6-8-15/h5-8,13-14,17H,1,9-10H2,2-4H3/t13-,14-,17+/m1/s1. The Morgan fingerprint density at radius 2 is 1.81 bits per heavy atom. The first-order valence-corrected chi connectivity index (χ1v) is 8.76. The number of benzene rings is 1. The van der Waals surface area contributed by atoms with Crippen LogP contribution in [-0.2, 0) is 14.6 Å². The van der Waals surface area contributed by atoms with E-state index in [1.54, 1.807) is 31.2 Å². The molecule has 0 amide bonds. The Balaban J connectivity index is 2.39. The third-order valence-electron chi connectivity index (χ3n) is 4.47. The molecule has 0 unspecified atom stereocenters. The van der Waals surface area contributed by atoms with Gasteiger partial charge in [0.15, 0.2) is 9.84 Å². The maximum Gasteiger partial charge on any atom is 0.181 e. The second kappa shape index (κ2) is 5.76. The highest BCUT2D eigenvalue weighted by molar-refractivity contribution is 7.92. The quantitative estimate of drug-likeness (QED) is 0.805. The van der Waals surface area contributed by atoms with Crippen LogP contribution in [0.4, 0.5) is 0 Å². The van der Waals surface area contributed by atoms with Gasteiger partial charge in [-0.05, 0) is 38.3 Å². The normalized spacial score (nSPS) is 26.6. The highest BCUT2D eigenvalue weighted by Crippen LogP contribution is 2.36. The molecule has 1 aromatic rings. The van der Waals surface area contributed by atoms with Crippen molar-refractivity contribution in [2.45, 2.75) is 43.8 Å². The molecule has 0 N–H and O–H groups in total. The molecule has 1 saturated carbocycles. The Morgan fingerprint density at radius 1 is 1.24 bits per heavy atom. The van der Waals surface area contributed by atoms with Gasteiger partial charge < -0.3 is 0 Å². The van der Waals surface area contributed by atoms with E-state index in [1.165, 1.54) is 0 Å². The number of carbonyl (C=O) groups excluding carboxylic acids is 1. The van der Waals surface area contributed by atoms with E-state index in [0.717, 1.165) is 11.1 Å². The van der Waals surface area contributed by atoms with E-state index in [0.29, 0.717) is 17.7 Å². The fourth-order valence-corrected chi connectivity index (χ4v) is 4.92. The van der Waals surface area contributed by atoms with Gasteiger partial charge in [-0.15, -0.1) is 0 Å². The summed E-state index contributed by atoms with van der Waals surface area (Å²) in [4.78, 5) is 12.5. The SMILES string of the molecule is C=C(C)[C@@H]1CC(=O)[C@@H](C)[C@@H](S(=O)(=O)c2ccc(C)cc2)C1. The summed E-state index contributed by atoms with van der Waals surface area (Å²) < 4.78 is 25.7. The average molecular weight is 306 g/mol. The second-order valence-corrected chi connectivity index (χ2v) is 8.30. The van der Waals surface area contributed by atoms with Crippen molar-refractivity contribution in [3.63, 3.8) is 0 Å². The number of Topliss-reactive ketones (excluding diaryl/α,β-unsaturated/α-hetero) is 1. The fraction of sp³-hybridized carbons (Fsp3) is 0.471. The van der Waals surface area contributed by atoms with Crippen molar-refractivity contribution >= 4 is 15.6 Å². The highest BCUT2D eigenvalue weighted by Gasteiger charge is 2.42. The summed E-state index contributed by atoms with van der Waals surface area (Å²) in [6, 6.07) is 6.84. The third-order valence-corrected chi connectivity index (χ3v) is 6.80. The minimum Gasteiger partial charge on any atom is -0.299 e. The Hall–Kier alpha value is -1.42. The van der Waals surface area contributed by atoms with Crippen molar-refractivity contribution in [1.82, 2.24) is 0 Å². The first kappa shape index (κ1) is 16.0. The molecular weight excluding hydrogens is 284 g/mol. The molecule has 1 aliphatic carbocycles. The molecule has 4 heteroatoms. The van der Waals surface area contributed by atoms with Crippen molar-refractivity contribution in [2.75, 3.05) is 0 Å². The van der Waals surface area contributed by atoms with Gasteiger partial charge in [-0.2, -0.15) is 0 Å². The summed E-state index contributed by atoms with van der Waals surface area (Å²) in [7, 11) is -3.49. The number of aryl methyl sites for hydroxylation is 1. The summed E-state index contributed by atoms with van der Waals surface area (Å²) in [5.41, 5.74) is 1.90. The Bertz CT molecular complexity index is 656. The molecule has 1 fully saturated rings. The number of sulfone groups is 1. The molecule has 114 valence electrons. The lowest BCUT2D eigenvalue weighted by Crippen LogP contribution is -2.40. The van der Waals surface area contributed by atoms with Gasteiger partial charge in [0, 0.05) is 12.3 Å². The van der Waals surface area contributed by atoms with Crippen molar-refractivity contribution < 1.29 is 13.2 Å². The third kappa shape index (κ3) is 3.10. The van der Waals surface area contributed by atoms with Crippen LogP contribution in [0.15, 0.2) is 41.3 Å². The molecule has 0 radical (unpaired) electrons. The monoisotopic (exact) mass is 306 g/mol. The highest BCUT2D eigenvalue weighted by atomic mass is 32.2. The maximum atomic E-state index is 12.8. The van der Waals surface area contributed by atoms with E-state index >= 15 is 0 Å². The lowest BCUT2D eigenvalue weighted by atomic mass is 9.79. The van der Waals surface area contributed by atoms with Gasteiger partial charge in [0.1, 0.15) is 5.78 Å². The van der Waals surface area contributed by atoms with Gasteiger partial charge in [-0.3, -0.25) is 4.79 Å². The molecule has 0 aromatic heterocycles. The first-order chi connectivity index (χ1) is 9.73. The minimum absolute atomic E-state index is 0.0231. The number of rotatable bonds is 3. The Labute approximate surface area is 127 Å². The second-order valence-electron chi connectivity index (χ2n) is 6.13. The van der Waals surface area contributed by atoms with E-state index in [9.17, 15) is 13.2 Å². The molecule has 0 bridgehead atoms. The molecule has 3 atom stereocenters. The summed E-state index contributed by atoms with van der Waals surface area (Å²) >= 11 is 0. The summed E-state index contributed by atoms with van der Waals surface area (Å²) in [5.74, 6) is -0.458. The molecule has 21 heavy (non-hydrogen) atoms. The van der Waals surface area contributed by atoms with Gasteiger partial charge >= 0.3 is 0 Å². The molecule has 0 spiro atoms. The number of hydrogen-bond donors (Lipinski definition) is 0. The average Bonchev–Trinajstić information content (AvgIpc) is 2.41. The van der Waals surface area contributed by atoms with Crippen LogP contribution in [0.2, 0.25) is 0 Å². The largest absolute Gasteiger partial charge is 0.299 e. The molecule has 0 saturated heterocycles. The lowest BCUT2D eigenvalue weighted by molar-refractivity contribution is -0.124. The topological polar surface area (TPSA) is 51.2 Å². The van der Waals surface area contributed by atoms with Crippen molar-refractivity contribution in [1.29, 1.82) is 0 Å². The summed E-state index contributed by atoms with van der Waals surface area (Å²) in [6.07, 6.45) is 0.898. The van der Waals surface area contributed by atoms with Crippen molar-refractivity contribution in [3.05, 3.63) is 42.0 Å². The zero-order valence-electron chi connectivity index (χ0n) is 12.8. The molecule has 2 rings (SSSR count). The van der Waals surface area contributed by atoms with Crippen molar-refractivity contribution in [3.8, 4) is 0 Å². The van der Waals surface area contributed by atoms with Gasteiger partial charge in [0.05, 0.1) is 10.1 Å². The van der Waals surface area contributed by atoms with Crippen LogP contribution in [0.5, 0.6) is 0 Å². The smallest absolute Gasteiger partial charge is 0.181 e. The lowest BCUT2D eigenvalue weighted by Gasteiger charge is -2.33. The van der Waals surface area contributed by atoms with Crippen LogP contribution < -0.4 is 0 Å². The predicted octanol–water partition coefficient (Wildman–Crippen LogP) is 3.33. The van der Waals surface area contributed by atoms with Crippen LogP contribution in [0.25, 0.3) is 0 Å². The predicted molar refractivity (Wildman–Crippen MR) is 83.9 cm³/mol. The van der Waals surface area contributed by atoms with Gasteiger partial charge in [-0.25, -0.2) is 8.42 Å². The number of allylic oxidation sites excluding steroid dienone is 1. The maximum absolute atomic E-state index is 12.8. The van der Waals surface area contributed by atoms with E-state index in [4.69, 9.17) is 0 Å². The van der Waals surface area contributed by atoms with Crippen LogP contribution in [-0.4, -0.2) is 19.5 Å². The first-order valence-electron chi connectivity index (χ1n) is 7.22. The van der Waals surface area contributed by atoms with E-state index in [2.05, 4.69) is 6.58 Å².